The van der Waals surface area contributed by atoms with E-state index in [1.807, 2.05) is 0 Å². The van der Waals surface area contributed by atoms with Gasteiger partial charge >= 0.3 is 0 Å². The summed E-state index contributed by atoms with van der Waals surface area (Å²) in [4.78, 5) is 0. The zero-order valence-corrected chi connectivity index (χ0v) is 19.5. The molecule has 0 heterocycles. The van der Waals surface area contributed by atoms with E-state index in [-0.39, 0.29) is 0 Å². The molecule has 4 aliphatic rings. The van der Waals surface area contributed by atoms with Crippen LogP contribution in [0.3, 0.4) is 0 Å². The van der Waals surface area contributed by atoms with Crippen molar-refractivity contribution in [1.29, 1.82) is 0 Å². The second-order valence-corrected chi connectivity index (χ2v) is 12.4. The fraction of sp³-hybridized carbons (Fsp3) is 0.786. The minimum absolute atomic E-state index is 0.391. The van der Waals surface area contributed by atoms with Gasteiger partial charge in [0.15, 0.2) is 0 Å². The lowest BCUT2D eigenvalue weighted by molar-refractivity contribution is -0.0759. The van der Waals surface area contributed by atoms with Crippen molar-refractivity contribution in [2.75, 3.05) is 0 Å². The topological polar surface area (TPSA) is 9.23 Å². The Labute approximate surface area is 179 Å². The van der Waals surface area contributed by atoms with Crippen LogP contribution in [0.15, 0.2) is 18.2 Å². The maximum atomic E-state index is 6.33. The molecule has 0 N–H and O–H groups in total. The molecule has 160 valence electrons. The number of rotatable bonds is 2. The number of benzene rings is 1. The Kier molecular flexibility index (Phi) is 4.65. The van der Waals surface area contributed by atoms with E-state index in [1.165, 1.54) is 64.2 Å². The van der Waals surface area contributed by atoms with Crippen molar-refractivity contribution >= 4 is 0 Å². The molecule has 0 radical (unpaired) electrons. The molecular formula is C28H42O. The van der Waals surface area contributed by atoms with E-state index in [9.17, 15) is 0 Å². The summed E-state index contributed by atoms with van der Waals surface area (Å²) in [5, 5.41) is 0. The van der Waals surface area contributed by atoms with E-state index in [0.29, 0.717) is 22.3 Å². The first-order valence-electron chi connectivity index (χ1n) is 12.5. The third kappa shape index (κ3) is 2.93. The Hall–Kier alpha value is -0.980. The van der Waals surface area contributed by atoms with Crippen molar-refractivity contribution in [3.05, 3.63) is 29.3 Å². The average molecular weight is 395 g/mol. The lowest BCUT2D eigenvalue weighted by atomic mass is 9.46. The highest BCUT2D eigenvalue weighted by Gasteiger charge is 2.63. The Morgan fingerprint density at radius 2 is 1.69 bits per heavy atom. The zero-order valence-electron chi connectivity index (χ0n) is 19.5. The number of ether oxygens (including phenoxy) is 1. The van der Waals surface area contributed by atoms with E-state index >= 15 is 0 Å². The summed E-state index contributed by atoms with van der Waals surface area (Å²) in [6.07, 6.45) is 14.0. The zero-order chi connectivity index (χ0) is 20.4. The van der Waals surface area contributed by atoms with Gasteiger partial charge in [-0.25, -0.2) is 0 Å². The highest BCUT2D eigenvalue weighted by Crippen LogP contribution is 2.71. The van der Waals surface area contributed by atoms with Crippen LogP contribution in [0.2, 0.25) is 0 Å². The van der Waals surface area contributed by atoms with Gasteiger partial charge in [-0.3, -0.25) is 0 Å². The van der Waals surface area contributed by atoms with Gasteiger partial charge in [-0.05, 0) is 121 Å². The van der Waals surface area contributed by atoms with Crippen molar-refractivity contribution in [3.63, 3.8) is 0 Å². The summed E-state index contributed by atoms with van der Waals surface area (Å²) in [7, 11) is 0. The van der Waals surface area contributed by atoms with Crippen LogP contribution < -0.4 is 4.74 Å². The summed E-state index contributed by atoms with van der Waals surface area (Å²) >= 11 is 0. The molecule has 0 spiro atoms. The van der Waals surface area contributed by atoms with Gasteiger partial charge in [0.05, 0.1) is 6.10 Å². The Bertz CT molecular complexity index is 767. The van der Waals surface area contributed by atoms with Gasteiger partial charge in [-0.15, -0.1) is 0 Å². The molecule has 0 bridgehead atoms. The fourth-order valence-corrected chi connectivity index (χ4v) is 8.33. The van der Waals surface area contributed by atoms with Crippen LogP contribution in [-0.2, 0) is 6.42 Å². The smallest absolute Gasteiger partial charge is 0.120 e. The van der Waals surface area contributed by atoms with Gasteiger partial charge in [-0.2, -0.15) is 0 Å². The summed E-state index contributed by atoms with van der Waals surface area (Å²) in [5.74, 6) is 3.73. The highest BCUT2D eigenvalue weighted by molar-refractivity contribution is 5.41. The van der Waals surface area contributed by atoms with Crippen LogP contribution in [0.5, 0.6) is 5.75 Å². The maximum absolute atomic E-state index is 6.33. The second kappa shape index (κ2) is 6.76. The molecule has 1 heteroatoms. The second-order valence-electron chi connectivity index (χ2n) is 12.4. The van der Waals surface area contributed by atoms with Crippen LogP contribution in [0, 0.1) is 28.1 Å². The largest absolute Gasteiger partial charge is 0.490 e. The summed E-state index contributed by atoms with van der Waals surface area (Å²) in [6.45, 7) is 12.8. The number of aryl methyl sites for hydroxylation is 1. The molecule has 29 heavy (non-hydrogen) atoms. The van der Waals surface area contributed by atoms with Crippen molar-refractivity contribution in [1.82, 2.24) is 0 Å². The molecular weight excluding hydrogens is 352 g/mol. The van der Waals surface area contributed by atoms with E-state index in [0.717, 1.165) is 23.5 Å². The molecule has 1 nitrogen and oxygen atoms in total. The normalized spacial score (nSPS) is 39.7. The molecule has 0 saturated heterocycles. The predicted molar refractivity (Wildman–Crippen MR) is 122 cm³/mol. The first-order valence-corrected chi connectivity index (χ1v) is 12.5. The standard InChI is InChI=1S/C28H42O/c1-26(2,3)28(5)17-15-25-24-12-10-19-18-21(29-20-8-6-7-9-20)11-13-22(19)23(24)14-16-27(25,28)4/h11,13,18,20,23-25H,6-10,12,14-17H2,1-5H3/t23-,24-,25+,27+,28-/m1/s1. The van der Waals surface area contributed by atoms with Crippen LogP contribution in [0.1, 0.15) is 109 Å². The minimum atomic E-state index is 0.391. The fourth-order valence-electron chi connectivity index (χ4n) is 8.33. The van der Waals surface area contributed by atoms with Gasteiger partial charge in [0.25, 0.3) is 0 Å². The highest BCUT2D eigenvalue weighted by atomic mass is 16.5. The Morgan fingerprint density at radius 3 is 2.41 bits per heavy atom. The summed E-state index contributed by atoms with van der Waals surface area (Å²) < 4.78 is 6.33. The van der Waals surface area contributed by atoms with Crippen LogP contribution in [-0.4, -0.2) is 6.10 Å². The molecule has 3 fully saturated rings. The third-order valence-electron chi connectivity index (χ3n) is 10.6. The van der Waals surface area contributed by atoms with Crippen molar-refractivity contribution in [2.24, 2.45) is 28.1 Å². The molecule has 0 aliphatic heterocycles. The maximum Gasteiger partial charge on any atom is 0.120 e. The number of hydrogen-bond donors (Lipinski definition) is 0. The van der Waals surface area contributed by atoms with Crippen LogP contribution >= 0.6 is 0 Å². The minimum Gasteiger partial charge on any atom is -0.490 e. The lowest BCUT2D eigenvalue weighted by Crippen LogP contribution is -2.50. The summed E-state index contributed by atoms with van der Waals surface area (Å²) in [6, 6.07) is 7.16. The third-order valence-corrected chi connectivity index (χ3v) is 10.6. The van der Waals surface area contributed by atoms with Crippen molar-refractivity contribution < 1.29 is 4.74 Å². The van der Waals surface area contributed by atoms with Gasteiger partial charge in [-0.1, -0.05) is 40.7 Å². The van der Waals surface area contributed by atoms with E-state index in [4.69, 9.17) is 4.74 Å². The molecule has 4 aliphatic carbocycles. The SMILES string of the molecule is CC(C)(C)[C@@]1(C)CC[C@H]2[C@@H]3CCc4cc(OC5CCCC5)ccc4[C@H]3CC[C@@]21C. The molecule has 0 aromatic heterocycles. The van der Waals surface area contributed by atoms with Gasteiger partial charge in [0.2, 0.25) is 0 Å². The monoisotopic (exact) mass is 394 g/mol. The lowest BCUT2D eigenvalue weighted by Gasteiger charge is -2.58. The van der Waals surface area contributed by atoms with Crippen molar-refractivity contribution in [3.8, 4) is 5.75 Å². The molecule has 5 atom stereocenters. The van der Waals surface area contributed by atoms with Crippen molar-refractivity contribution in [2.45, 2.75) is 111 Å². The molecule has 1 aromatic carbocycles. The molecule has 1 aromatic rings. The predicted octanol–water partition coefficient (Wildman–Crippen LogP) is 7.92. The quantitative estimate of drug-likeness (QED) is 0.495. The van der Waals surface area contributed by atoms with E-state index in [2.05, 4.69) is 52.8 Å². The van der Waals surface area contributed by atoms with Gasteiger partial charge in [0.1, 0.15) is 5.75 Å². The molecule has 5 rings (SSSR count). The summed E-state index contributed by atoms with van der Waals surface area (Å²) in [5.41, 5.74) is 4.64. The van der Waals surface area contributed by atoms with E-state index < -0.39 is 0 Å². The number of fused-ring (bicyclic) bond motifs is 5. The first kappa shape index (κ1) is 20.0. The number of hydrogen-bond acceptors (Lipinski definition) is 1. The van der Waals surface area contributed by atoms with Gasteiger partial charge < -0.3 is 4.74 Å². The Balaban J connectivity index is 1.40. The van der Waals surface area contributed by atoms with Crippen LogP contribution in [0.4, 0.5) is 0 Å². The molecule has 3 saturated carbocycles. The first-order chi connectivity index (χ1) is 13.7. The average Bonchev–Trinajstić information content (AvgIpc) is 3.27. The van der Waals surface area contributed by atoms with Gasteiger partial charge in [0, 0.05) is 0 Å². The molecule has 0 unspecified atom stereocenters. The Morgan fingerprint density at radius 1 is 0.931 bits per heavy atom. The molecule has 0 amide bonds. The van der Waals surface area contributed by atoms with Crippen LogP contribution in [0.25, 0.3) is 0 Å². The van der Waals surface area contributed by atoms with E-state index in [1.54, 1.807) is 11.1 Å².